The summed E-state index contributed by atoms with van der Waals surface area (Å²) in [4.78, 5) is 0. The highest BCUT2D eigenvalue weighted by molar-refractivity contribution is 5.85. The molecule has 0 radical (unpaired) electrons. The van der Waals surface area contributed by atoms with Crippen molar-refractivity contribution in [2.45, 2.75) is 25.3 Å². The van der Waals surface area contributed by atoms with Crippen molar-refractivity contribution in [1.82, 2.24) is 0 Å². The van der Waals surface area contributed by atoms with E-state index in [0.29, 0.717) is 12.5 Å². The van der Waals surface area contributed by atoms with E-state index in [0.717, 1.165) is 11.1 Å². The van der Waals surface area contributed by atoms with Gasteiger partial charge in [-0.15, -0.1) is 12.4 Å². The fourth-order valence-electron chi connectivity index (χ4n) is 1.45. The molecule has 72 valence electrons. The van der Waals surface area contributed by atoms with Crippen molar-refractivity contribution in [3.63, 3.8) is 0 Å². The van der Waals surface area contributed by atoms with E-state index in [1.165, 1.54) is 18.9 Å². The molecule has 0 spiro atoms. The number of rotatable bonds is 2. The molecule has 0 atom stereocenters. The van der Waals surface area contributed by atoms with Gasteiger partial charge in [0.15, 0.2) is 0 Å². The molecule has 1 aromatic carbocycles. The number of halogens is 2. The molecule has 1 saturated carbocycles. The molecule has 1 aliphatic carbocycles. The van der Waals surface area contributed by atoms with Crippen LogP contribution >= 0.6 is 12.4 Å². The Morgan fingerprint density at radius 1 is 1.31 bits per heavy atom. The van der Waals surface area contributed by atoms with E-state index in [2.05, 4.69) is 0 Å². The van der Waals surface area contributed by atoms with Gasteiger partial charge in [-0.2, -0.15) is 0 Å². The molecule has 0 aliphatic heterocycles. The van der Waals surface area contributed by atoms with Gasteiger partial charge in [0.05, 0.1) is 0 Å². The average molecular weight is 202 g/mol. The molecule has 2 N–H and O–H groups in total. The Kier molecular flexibility index (Phi) is 3.28. The number of nitrogens with two attached hydrogens (primary N) is 1. The first-order valence-electron chi connectivity index (χ1n) is 4.29. The lowest BCUT2D eigenvalue weighted by atomic mass is 10.1. The first-order chi connectivity index (χ1) is 5.79. The number of benzene rings is 1. The smallest absolute Gasteiger partial charge is 0.123 e. The summed E-state index contributed by atoms with van der Waals surface area (Å²) >= 11 is 0. The molecule has 1 fully saturated rings. The molecule has 2 rings (SSSR count). The van der Waals surface area contributed by atoms with Gasteiger partial charge in [-0.05, 0) is 42.0 Å². The van der Waals surface area contributed by atoms with Crippen LogP contribution < -0.4 is 5.73 Å². The van der Waals surface area contributed by atoms with Gasteiger partial charge in [-0.25, -0.2) is 4.39 Å². The fraction of sp³-hybridized carbons (Fsp3) is 0.400. The van der Waals surface area contributed by atoms with E-state index in [4.69, 9.17) is 5.73 Å². The normalized spacial score (nSPS) is 15.2. The Bertz CT molecular complexity index is 297. The van der Waals surface area contributed by atoms with E-state index in [9.17, 15) is 4.39 Å². The van der Waals surface area contributed by atoms with Gasteiger partial charge in [-0.1, -0.05) is 6.07 Å². The summed E-state index contributed by atoms with van der Waals surface area (Å²) in [5.74, 6) is 0.450. The van der Waals surface area contributed by atoms with Crippen LogP contribution in [0.5, 0.6) is 0 Å². The van der Waals surface area contributed by atoms with Crippen molar-refractivity contribution >= 4 is 12.4 Å². The quantitative estimate of drug-likeness (QED) is 0.782. The monoisotopic (exact) mass is 201 g/mol. The van der Waals surface area contributed by atoms with Crippen LogP contribution in [0, 0.1) is 5.82 Å². The molecule has 0 saturated heterocycles. The van der Waals surface area contributed by atoms with Crippen LogP contribution in [-0.2, 0) is 6.54 Å². The zero-order valence-electron chi connectivity index (χ0n) is 7.29. The maximum atomic E-state index is 12.9. The largest absolute Gasteiger partial charge is 0.326 e. The molecule has 0 heterocycles. The standard InChI is InChI=1S/C10H12FN.ClH/c11-10-4-7(6-12)3-9(5-10)8-1-2-8;/h3-5,8H,1-2,6,12H2;1H. The SMILES string of the molecule is Cl.NCc1cc(F)cc(C2CC2)c1. The highest BCUT2D eigenvalue weighted by Gasteiger charge is 2.23. The first kappa shape index (κ1) is 10.5. The summed E-state index contributed by atoms with van der Waals surface area (Å²) in [6.45, 7) is 0.428. The minimum absolute atomic E-state index is 0. The molecule has 1 nitrogen and oxygen atoms in total. The minimum atomic E-state index is -0.153. The van der Waals surface area contributed by atoms with Gasteiger partial charge in [0, 0.05) is 6.54 Å². The van der Waals surface area contributed by atoms with Crippen LogP contribution in [-0.4, -0.2) is 0 Å². The average Bonchev–Trinajstić information content (AvgIpc) is 2.85. The molecule has 1 aromatic rings. The molecule has 0 aromatic heterocycles. The Morgan fingerprint density at radius 2 is 2.00 bits per heavy atom. The minimum Gasteiger partial charge on any atom is -0.326 e. The Balaban J connectivity index is 0.000000845. The van der Waals surface area contributed by atoms with Gasteiger partial charge in [-0.3, -0.25) is 0 Å². The second-order valence-electron chi connectivity index (χ2n) is 3.37. The van der Waals surface area contributed by atoms with E-state index in [-0.39, 0.29) is 18.2 Å². The molecule has 0 bridgehead atoms. The van der Waals surface area contributed by atoms with Gasteiger partial charge in [0.1, 0.15) is 5.82 Å². The lowest BCUT2D eigenvalue weighted by Gasteiger charge is -2.02. The first-order valence-corrected chi connectivity index (χ1v) is 4.29. The third-order valence-electron chi connectivity index (χ3n) is 2.26. The maximum absolute atomic E-state index is 12.9. The van der Waals surface area contributed by atoms with Crippen molar-refractivity contribution in [3.05, 3.63) is 35.1 Å². The van der Waals surface area contributed by atoms with Crippen LogP contribution in [0.1, 0.15) is 29.9 Å². The zero-order valence-corrected chi connectivity index (χ0v) is 8.11. The molecule has 0 unspecified atom stereocenters. The van der Waals surface area contributed by atoms with Crippen LogP contribution in [0.4, 0.5) is 4.39 Å². The van der Waals surface area contributed by atoms with E-state index in [1.54, 1.807) is 6.07 Å². The van der Waals surface area contributed by atoms with Crippen molar-refractivity contribution in [2.75, 3.05) is 0 Å². The van der Waals surface area contributed by atoms with Gasteiger partial charge < -0.3 is 5.73 Å². The summed E-state index contributed by atoms with van der Waals surface area (Å²) in [5, 5.41) is 0. The Morgan fingerprint density at radius 3 is 2.54 bits per heavy atom. The van der Waals surface area contributed by atoms with E-state index >= 15 is 0 Å². The highest BCUT2D eigenvalue weighted by atomic mass is 35.5. The topological polar surface area (TPSA) is 26.0 Å². The Labute approximate surface area is 83.5 Å². The van der Waals surface area contributed by atoms with Crippen LogP contribution in [0.3, 0.4) is 0 Å². The van der Waals surface area contributed by atoms with Crippen molar-refractivity contribution in [3.8, 4) is 0 Å². The van der Waals surface area contributed by atoms with Crippen molar-refractivity contribution in [2.24, 2.45) is 5.73 Å². The predicted octanol–water partition coefficient (Wildman–Crippen LogP) is 2.58. The highest BCUT2D eigenvalue weighted by Crippen LogP contribution is 2.40. The third kappa shape index (κ3) is 2.42. The van der Waals surface area contributed by atoms with E-state index < -0.39 is 0 Å². The second kappa shape index (κ2) is 4.07. The predicted molar refractivity (Wildman–Crippen MR) is 53.5 cm³/mol. The molecule has 1 aliphatic rings. The summed E-state index contributed by atoms with van der Waals surface area (Å²) in [7, 11) is 0. The Hall–Kier alpha value is -0.600. The van der Waals surface area contributed by atoms with Crippen LogP contribution in [0.15, 0.2) is 18.2 Å². The van der Waals surface area contributed by atoms with Gasteiger partial charge in [0.2, 0.25) is 0 Å². The zero-order chi connectivity index (χ0) is 8.55. The summed E-state index contributed by atoms with van der Waals surface area (Å²) in [5.41, 5.74) is 7.46. The fourth-order valence-corrected chi connectivity index (χ4v) is 1.45. The summed E-state index contributed by atoms with van der Waals surface area (Å²) in [6, 6.07) is 5.14. The van der Waals surface area contributed by atoms with Crippen LogP contribution in [0.2, 0.25) is 0 Å². The molecular formula is C10H13ClFN. The maximum Gasteiger partial charge on any atom is 0.123 e. The molecule has 13 heavy (non-hydrogen) atoms. The molecular weight excluding hydrogens is 189 g/mol. The van der Waals surface area contributed by atoms with Crippen molar-refractivity contribution in [1.29, 1.82) is 0 Å². The lowest BCUT2D eigenvalue weighted by Crippen LogP contribution is -1.98. The lowest BCUT2D eigenvalue weighted by molar-refractivity contribution is 0.623. The summed E-state index contributed by atoms with van der Waals surface area (Å²) in [6.07, 6.45) is 2.40. The third-order valence-corrected chi connectivity index (χ3v) is 2.26. The van der Waals surface area contributed by atoms with Crippen LogP contribution in [0.25, 0.3) is 0 Å². The molecule has 0 amide bonds. The number of hydrogen-bond donors (Lipinski definition) is 1. The number of hydrogen-bond acceptors (Lipinski definition) is 1. The van der Waals surface area contributed by atoms with E-state index in [1.807, 2.05) is 6.07 Å². The van der Waals surface area contributed by atoms with Gasteiger partial charge in [0.25, 0.3) is 0 Å². The molecule has 3 heteroatoms. The second-order valence-corrected chi connectivity index (χ2v) is 3.37. The van der Waals surface area contributed by atoms with Gasteiger partial charge >= 0.3 is 0 Å². The summed E-state index contributed by atoms with van der Waals surface area (Å²) < 4.78 is 12.9. The van der Waals surface area contributed by atoms with Crippen molar-refractivity contribution < 1.29 is 4.39 Å².